The molecule has 0 saturated carbocycles. The zero-order chi connectivity index (χ0) is 11.5. The first-order valence-corrected chi connectivity index (χ1v) is 5.28. The number of nitrogens with zero attached hydrogens (tertiary/aromatic N) is 1. The molecule has 0 amide bonds. The minimum Gasteiger partial charge on any atom is -0.387 e. The first-order valence-electron chi connectivity index (χ1n) is 5.28. The van der Waals surface area contributed by atoms with Gasteiger partial charge >= 0.3 is 0 Å². The molecular weight excluding hydrogens is 202 g/mol. The summed E-state index contributed by atoms with van der Waals surface area (Å²) in [6.45, 7) is 2.19. The molecule has 1 unspecified atom stereocenters. The third-order valence-electron chi connectivity index (χ3n) is 2.53. The van der Waals surface area contributed by atoms with E-state index in [9.17, 15) is 5.11 Å². The number of ether oxygens (including phenoxy) is 1. The summed E-state index contributed by atoms with van der Waals surface area (Å²) in [6, 6.07) is 9.89. The van der Waals surface area contributed by atoms with Gasteiger partial charge in [0, 0.05) is 18.1 Å². The molecule has 1 heterocycles. The summed E-state index contributed by atoms with van der Waals surface area (Å²) in [7, 11) is 1.64. The molecule has 16 heavy (non-hydrogen) atoms. The van der Waals surface area contributed by atoms with Crippen molar-refractivity contribution in [3.8, 4) is 0 Å². The van der Waals surface area contributed by atoms with E-state index in [4.69, 9.17) is 4.74 Å². The summed E-state index contributed by atoms with van der Waals surface area (Å²) < 4.78 is 5.12. The van der Waals surface area contributed by atoms with Crippen molar-refractivity contribution >= 4 is 10.9 Å². The third kappa shape index (κ3) is 2.05. The van der Waals surface area contributed by atoms with Gasteiger partial charge in [-0.25, -0.2) is 4.98 Å². The Labute approximate surface area is 94.7 Å². The first kappa shape index (κ1) is 11.0. The van der Waals surface area contributed by atoms with Crippen LogP contribution in [0.1, 0.15) is 24.3 Å². The van der Waals surface area contributed by atoms with E-state index in [2.05, 4.69) is 4.98 Å². The van der Waals surface area contributed by atoms with Gasteiger partial charge < -0.3 is 9.84 Å². The second-order valence-corrected chi connectivity index (χ2v) is 3.83. The number of fused-ring (bicyclic) bond motifs is 1. The highest BCUT2D eigenvalue weighted by atomic mass is 16.5. The van der Waals surface area contributed by atoms with Crippen LogP contribution in [0, 0.1) is 0 Å². The Hall–Kier alpha value is -1.45. The Morgan fingerprint density at radius 3 is 2.81 bits per heavy atom. The Morgan fingerprint density at radius 1 is 1.38 bits per heavy atom. The first-order chi connectivity index (χ1) is 7.72. The van der Waals surface area contributed by atoms with Gasteiger partial charge in [-0.05, 0) is 19.1 Å². The molecule has 0 saturated heterocycles. The van der Waals surface area contributed by atoms with Crippen molar-refractivity contribution in [1.29, 1.82) is 0 Å². The van der Waals surface area contributed by atoms with E-state index in [1.54, 1.807) is 14.0 Å². The maximum absolute atomic E-state index is 9.67. The van der Waals surface area contributed by atoms with Crippen LogP contribution in [0.2, 0.25) is 0 Å². The molecule has 0 bridgehead atoms. The quantitative estimate of drug-likeness (QED) is 0.858. The average molecular weight is 217 g/mol. The number of para-hydroxylation sites is 1. The number of methoxy groups -OCH3 is 1. The number of hydrogen-bond donors (Lipinski definition) is 1. The highest BCUT2D eigenvalue weighted by molar-refractivity contribution is 5.79. The van der Waals surface area contributed by atoms with Crippen LogP contribution in [0.3, 0.4) is 0 Å². The lowest BCUT2D eigenvalue weighted by Gasteiger charge is -2.11. The molecule has 0 radical (unpaired) electrons. The van der Waals surface area contributed by atoms with Crippen molar-refractivity contribution in [3.05, 3.63) is 41.6 Å². The van der Waals surface area contributed by atoms with Crippen LogP contribution in [-0.2, 0) is 11.3 Å². The van der Waals surface area contributed by atoms with E-state index in [1.165, 1.54) is 0 Å². The zero-order valence-electron chi connectivity index (χ0n) is 9.47. The highest BCUT2D eigenvalue weighted by Crippen LogP contribution is 2.21. The fourth-order valence-corrected chi connectivity index (χ4v) is 1.81. The normalized spacial score (nSPS) is 12.9. The standard InChI is InChI=1S/C13H15NO2/c1-9(15)13-11(8-16-2)7-10-5-3-4-6-12(10)14-13/h3-7,9,15H,8H2,1-2H3. The summed E-state index contributed by atoms with van der Waals surface area (Å²) in [5, 5.41) is 10.7. The fourth-order valence-electron chi connectivity index (χ4n) is 1.81. The van der Waals surface area contributed by atoms with Gasteiger partial charge in [0.1, 0.15) is 0 Å². The number of pyridine rings is 1. The van der Waals surface area contributed by atoms with Crippen molar-refractivity contribution in [2.45, 2.75) is 19.6 Å². The van der Waals surface area contributed by atoms with E-state index in [-0.39, 0.29) is 0 Å². The van der Waals surface area contributed by atoms with Crippen LogP contribution in [-0.4, -0.2) is 17.2 Å². The second-order valence-electron chi connectivity index (χ2n) is 3.83. The largest absolute Gasteiger partial charge is 0.387 e. The minimum absolute atomic E-state index is 0.470. The number of benzene rings is 1. The fraction of sp³-hybridized carbons (Fsp3) is 0.308. The van der Waals surface area contributed by atoms with Gasteiger partial charge in [0.15, 0.2) is 0 Å². The molecule has 0 fully saturated rings. The lowest BCUT2D eigenvalue weighted by atomic mass is 10.1. The Bertz CT molecular complexity index is 494. The predicted molar refractivity (Wildman–Crippen MR) is 63.1 cm³/mol. The van der Waals surface area contributed by atoms with E-state index in [0.29, 0.717) is 12.3 Å². The van der Waals surface area contributed by atoms with E-state index < -0.39 is 6.10 Å². The number of hydrogen-bond acceptors (Lipinski definition) is 3. The van der Waals surface area contributed by atoms with Crippen LogP contribution in [0.4, 0.5) is 0 Å². The van der Waals surface area contributed by atoms with Gasteiger partial charge in [0.05, 0.1) is 23.9 Å². The Balaban J connectivity index is 2.61. The SMILES string of the molecule is COCc1cc2ccccc2nc1C(C)O. The average Bonchev–Trinajstić information content (AvgIpc) is 2.28. The molecule has 2 rings (SSSR count). The van der Waals surface area contributed by atoms with Crippen LogP contribution in [0.15, 0.2) is 30.3 Å². The van der Waals surface area contributed by atoms with Crippen LogP contribution in [0.5, 0.6) is 0 Å². The smallest absolute Gasteiger partial charge is 0.0935 e. The van der Waals surface area contributed by atoms with Crippen LogP contribution in [0.25, 0.3) is 10.9 Å². The molecule has 3 nitrogen and oxygen atoms in total. The number of rotatable bonds is 3. The molecule has 1 aromatic carbocycles. The van der Waals surface area contributed by atoms with Crippen molar-refractivity contribution in [2.24, 2.45) is 0 Å². The third-order valence-corrected chi connectivity index (χ3v) is 2.53. The van der Waals surface area contributed by atoms with Crippen molar-refractivity contribution in [2.75, 3.05) is 7.11 Å². The van der Waals surface area contributed by atoms with E-state index in [1.807, 2.05) is 30.3 Å². The minimum atomic E-state index is -0.574. The van der Waals surface area contributed by atoms with Gasteiger partial charge in [-0.2, -0.15) is 0 Å². The van der Waals surface area contributed by atoms with Crippen molar-refractivity contribution in [1.82, 2.24) is 4.98 Å². The molecule has 0 aliphatic heterocycles. The Morgan fingerprint density at radius 2 is 2.12 bits per heavy atom. The number of aliphatic hydroxyl groups is 1. The molecule has 0 aliphatic rings. The summed E-state index contributed by atoms with van der Waals surface area (Å²) in [5.41, 5.74) is 2.54. The van der Waals surface area contributed by atoms with Crippen LogP contribution < -0.4 is 0 Å². The molecule has 3 heteroatoms. The van der Waals surface area contributed by atoms with Crippen molar-refractivity contribution in [3.63, 3.8) is 0 Å². The molecular formula is C13H15NO2. The molecule has 0 aliphatic carbocycles. The summed E-state index contributed by atoms with van der Waals surface area (Å²) in [6.07, 6.45) is -0.574. The van der Waals surface area contributed by atoms with Gasteiger partial charge in [-0.3, -0.25) is 0 Å². The molecule has 1 aromatic heterocycles. The van der Waals surface area contributed by atoms with Crippen LogP contribution >= 0.6 is 0 Å². The molecule has 1 N–H and O–H groups in total. The number of aliphatic hydroxyl groups excluding tert-OH is 1. The zero-order valence-corrected chi connectivity index (χ0v) is 9.47. The predicted octanol–water partition coefficient (Wildman–Crippen LogP) is 2.43. The monoisotopic (exact) mass is 217 g/mol. The van der Waals surface area contributed by atoms with Crippen molar-refractivity contribution < 1.29 is 9.84 Å². The summed E-state index contributed by atoms with van der Waals surface area (Å²) in [4.78, 5) is 4.46. The molecule has 2 aromatic rings. The molecule has 84 valence electrons. The highest BCUT2D eigenvalue weighted by Gasteiger charge is 2.11. The summed E-state index contributed by atoms with van der Waals surface area (Å²) >= 11 is 0. The van der Waals surface area contributed by atoms with Gasteiger partial charge in [0.2, 0.25) is 0 Å². The Kier molecular flexibility index (Phi) is 3.17. The molecule has 1 atom stereocenters. The summed E-state index contributed by atoms with van der Waals surface area (Å²) in [5.74, 6) is 0. The van der Waals surface area contributed by atoms with Gasteiger partial charge in [0.25, 0.3) is 0 Å². The lowest BCUT2D eigenvalue weighted by Crippen LogP contribution is -2.03. The van der Waals surface area contributed by atoms with E-state index in [0.717, 1.165) is 16.5 Å². The molecule has 0 spiro atoms. The topological polar surface area (TPSA) is 42.4 Å². The maximum Gasteiger partial charge on any atom is 0.0935 e. The van der Waals surface area contributed by atoms with Gasteiger partial charge in [-0.1, -0.05) is 18.2 Å². The van der Waals surface area contributed by atoms with Gasteiger partial charge in [-0.15, -0.1) is 0 Å². The maximum atomic E-state index is 9.67. The number of aromatic nitrogens is 1. The lowest BCUT2D eigenvalue weighted by molar-refractivity contribution is 0.168. The second kappa shape index (κ2) is 4.60. The van der Waals surface area contributed by atoms with E-state index >= 15 is 0 Å².